The van der Waals surface area contributed by atoms with Gasteiger partial charge in [-0.2, -0.15) is 0 Å². The molecule has 3 heterocycles. The van der Waals surface area contributed by atoms with Gasteiger partial charge in [-0.15, -0.1) is 0 Å². The van der Waals surface area contributed by atoms with Crippen molar-refractivity contribution >= 4 is 39.9 Å². The minimum Gasteiger partial charge on any atom is -0.356 e. The zero-order chi connectivity index (χ0) is 20.5. The van der Waals surface area contributed by atoms with Crippen LogP contribution in [0.3, 0.4) is 0 Å². The van der Waals surface area contributed by atoms with Crippen LogP contribution < -0.4 is 10.9 Å². The molecular formula is C22H25N3O2S2. The molecule has 2 aliphatic rings. The number of hydrogen-bond acceptors (Lipinski definition) is 4. The topological polar surface area (TPSA) is 54.3 Å². The molecule has 0 spiro atoms. The van der Waals surface area contributed by atoms with Gasteiger partial charge in [0.25, 0.3) is 5.56 Å². The third kappa shape index (κ3) is 4.41. The first-order chi connectivity index (χ1) is 13.9. The maximum Gasteiger partial charge on any atom is 0.250 e. The standard InChI is InChI=1S/C22H25N3O2S2/c1-14-6-7-18(8-15(14)2)23-20(26)13-29-22(28)24-10-16-9-17(12-24)19-4-3-5-21(27)25(19)11-16/h3-8,16-17H,9-13H2,1-2H3,(H,23,26)/t16-,17-/m0/s1. The summed E-state index contributed by atoms with van der Waals surface area (Å²) >= 11 is 7.06. The van der Waals surface area contributed by atoms with E-state index in [9.17, 15) is 9.59 Å². The van der Waals surface area contributed by atoms with Crippen LogP contribution in [0.15, 0.2) is 41.2 Å². The molecule has 152 valence electrons. The van der Waals surface area contributed by atoms with Gasteiger partial charge in [0.2, 0.25) is 5.91 Å². The van der Waals surface area contributed by atoms with Gasteiger partial charge >= 0.3 is 0 Å². The van der Waals surface area contributed by atoms with E-state index in [0.29, 0.717) is 17.6 Å². The van der Waals surface area contributed by atoms with Crippen LogP contribution in [-0.4, -0.2) is 38.5 Å². The second kappa shape index (κ2) is 8.32. The maximum absolute atomic E-state index is 12.3. The number of aromatic nitrogens is 1. The molecule has 4 rings (SSSR count). The maximum atomic E-state index is 12.3. The van der Waals surface area contributed by atoms with Gasteiger partial charge < -0.3 is 14.8 Å². The van der Waals surface area contributed by atoms with E-state index < -0.39 is 0 Å². The first-order valence-corrected chi connectivity index (χ1v) is 11.3. The van der Waals surface area contributed by atoms with Crippen LogP contribution in [0, 0.1) is 19.8 Å². The van der Waals surface area contributed by atoms with E-state index in [0.717, 1.165) is 47.3 Å². The molecular weight excluding hydrogens is 402 g/mol. The van der Waals surface area contributed by atoms with Gasteiger partial charge in [0.15, 0.2) is 0 Å². The Bertz CT molecular complexity index is 1020. The second-order valence-electron chi connectivity index (χ2n) is 8.00. The van der Waals surface area contributed by atoms with E-state index in [1.54, 1.807) is 6.07 Å². The summed E-state index contributed by atoms with van der Waals surface area (Å²) in [4.78, 5) is 26.7. The summed E-state index contributed by atoms with van der Waals surface area (Å²) in [6.07, 6.45) is 1.10. The normalized spacial score (nSPS) is 20.1. The summed E-state index contributed by atoms with van der Waals surface area (Å²) in [6.45, 7) is 6.50. The number of thioether (sulfide) groups is 1. The molecule has 1 N–H and O–H groups in total. The molecule has 0 aliphatic carbocycles. The third-order valence-electron chi connectivity index (χ3n) is 5.86. The van der Waals surface area contributed by atoms with E-state index in [2.05, 4.69) is 23.2 Å². The van der Waals surface area contributed by atoms with Crippen LogP contribution in [0.1, 0.15) is 29.2 Å². The van der Waals surface area contributed by atoms with Crippen molar-refractivity contribution in [2.45, 2.75) is 32.7 Å². The monoisotopic (exact) mass is 427 g/mol. The summed E-state index contributed by atoms with van der Waals surface area (Å²) in [5, 5.41) is 2.95. The Labute approximate surface area is 180 Å². The average Bonchev–Trinajstić information content (AvgIpc) is 2.69. The van der Waals surface area contributed by atoms with Crippen molar-refractivity contribution in [1.29, 1.82) is 0 Å². The predicted octanol–water partition coefficient (Wildman–Crippen LogP) is 3.54. The highest BCUT2D eigenvalue weighted by molar-refractivity contribution is 8.23. The molecule has 0 unspecified atom stereocenters. The lowest BCUT2D eigenvalue weighted by Gasteiger charge is -2.43. The molecule has 1 aromatic carbocycles. The van der Waals surface area contributed by atoms with Crippen molar-refractivity contribution in [3.05, 3.63) is 63.6 Å². The minimum atomic E-state index is -0.0466. The number of nitrogens with zero attached hydrogens (tertiary/aromatic N) is 2. The van der Waals surface area contributed by atoms with E-state index >= 15 is 0 Å². The molecule has 2 aromatic rings. The number of fused-ring (bicyclic) bond motifs is 4. The Morgan fingerprint density at radius 1 is 1.17 bits per heavy atom. The number of pyridine rings is 1. The summed E-state index contributed by atoms with van der Waals surface area (Å²) in [5.74, 6) is 0.992. The summed E-state index contributed by atoms with van der Waals surface area (Å²) in [5.41, 5.74) is 4.38. The van der Waals surface area contributed by atoms with Crippen LogP contribution in [-0.2, 0) is 11.3 Å². The quantitative estimate of drug-likeness (QED) is 0.760. The molecule has 0 radical (unpaired) electrons. The number of amides is 1. The highest BCUT2D eigenvalue weighted by Crippen LogP contribution is 2.36. The number of rotatable bonds is 3. The zero-order valence-corrected chi connectivity index (χ0v) is 18.3. The zero-order valence-electron chi connectivity index (χ0n) is 16.7. The van der Waals surface area contributed by atoms with Crippen molar-refractivity contribution < 1.29 is 4.79 Å². The largest absolute Gasteiger partial charge is 0.356 e. The molecule has 29 heavy (non-hydrogen) atoms. The van der Waals surface area contributed by atoms with Crippen molar-refractivity contribution in [1.82, 2.24) is 9.47 Å². The first kappa shape index (κ1) is 20.2. The van der Waals surface area contributed by atoms with Gasteiger partial charge in [0.1, 0.15) is 4.32 Å². The molecule has 0 saturated carbocycles. The van der Waals surface area contributed by atoms with Crippen LogP contribution in [0.25, 0.3) is 0 Å². The smallest absolute Gasteiger partial charge is 0.250 e. The number of thiocarbonyl (C=S) groups is 1. The van der Waals surface area contributed by atoms with Crippen molar-refractivity contribution in [3.63, 3.8) is 0 Å². The number of anilines is 1. The summed E-state index contributed by atoms with van der Waals surface area (Å²) in [6, 6.07) is 11.5. The Morgan fingerprint density at radius 3 is 2.79 bits per heavy atom. The minimum absolute atomic E-state index is 0.0466. The highest BCUT2D eigenvalue weighted by atomic mass is 32.2. The van der Waals surface area contributed by atoms with Gasteiger partial charge in [-0.1, -0.05) is 36.1 Å². The molecule has 7 heteroatoms. The molecule has 2 bridgehead atoms. The molecule has 1 saturated heterocycles. The fraction of sp³-hybridized carbons (Fsp3) is 0.409. The van der Waals surface area contributed by atoms with Crippen molar-refractivity contribution in [2.75, 3.05) is 24.2 Å². The summed E-state index contributed by atoms with van der Waals surface area (Å²) < 4.78 is 2.69. The summed E-state index contributed by atoms with van der Waals surface area (Å²) in [7, 11) is 0. The number of likely N-dealkylation sites (tertiary alicyclic amines) is 1. The number of carbonyl (C=O) groups is 1. The van der Waals surface area contributed by atoms with Gasteiger partial charge in [0, 0.05) is 43.0 Å². The van der Waals surface area contributed by atoms with Crippen LogP contribution in [0.2, 0.25) is 0 Å². The molecule has 1 fully saturated rings. The Morgan fingerprint density at radius 2 is 2.00 bits per heavy atom. The third-order valence-corrected chi connectivity index (χ3v) is 7.38. The number of carbonyl (C=O) groups excluding carboxylic acids is 1. The van der Waals surface area contributed by atoms with E-state index in [-0.39, 0.29) is 11.5 Å². The van der Waals surface area contributed by atoms with E-state index in [1.165, 1.54) is 17.3 Å². The molecule has 2 atom stereocenters. The first-order valence-electron chi connectivity index (χ1n) is 9.89. The molecule has 1 amide bonds. The lowest BCUT2D eigenvalue weighted by molar-refractivity contribution is -0.113. The highest BCUT2D eigenvalue weighted by Gasteiger charge is 2.35. The van der Waals surface area contributed by atoms with Crippen LogP contribution in [0.4, 0.5) is 5.69 Å². The second-order valence-corrected chi connectivity index (χ2v) is 9.61. The lowest BCUT2D eigenvalue weighted by atomic mass is 9.83. The SMILES string of the molecule is Cc1ccc(NC(=O)CSC(=S)N2C[C@@H]3C[C@@H](C2)c2cccc(=O)n2C3)cc1C. The van der Waals surface area contributed by atoms with Crippen LogP contribution in [0.5, 0.6) is 0 Å². The fourth-order valence-electron chi connectivity index (χ4n) is 4.28. The van der Waals surface area contributed by atoms with E-state index in [4.69, 9.17) is 12.2 Å². The van der Waals surface area contributed by atoms with Crippen molar-refractivity contribution in [2.24, 2.45) is 5.92 Å². The van der Waals surface area contributed by atoms with E-state index in [1.807, 2.05) is 35.8 Å². The van der Waals surface area contributed by atoms with Gasteiger partial charge in [-0.05, 0) is 55.5 Å². The number of nitrogens with one attached hydrogen (secondary N) is 1. The Kier molecular flexibility index (Phi) is 5.79. The van der Waals surface area contributed by atoms with Gasteiger partial charge in [0.05, 0.1) is 5.75 Å². The molecule has 2 aliphatic heterocycles. The van der Waals surface area contributed by atoms with Gasteiger partial charge in [-0.3, -0.25) is 9.59 Å². The predicted molar refractivity (Wildman–Crippen MR) is 123 cm³/mol. The number of aryl methyl sites for hydroxylation is 2. The van der Waals surface area contributed by atoms with Gasteiger partial charge in [-0.25, -0.2) is 0 Å². The lowest BCUT2D eigenvalue weighted by Crippen LogP contribution is -2.48. The molecule has 5 nitrogen and oxygen atoms in total. The average molecular weight is 428 g/mol. The van der Waals surface area contributed by atoms with Crippen molar-refractivity contribution in [3.8, 4) is 0 Å². The Balaban J connectivity index is 1.34. The fourth-order valence-corrected chi connectivity index (χ4v) is 5.26. The molecule has 1 aromatic heterocycles. The number of piperidine rings is 1. The van der Waals surface area contributed by atoms with Crippen LogP contribution >= 0.6 is 24.0 Å². The number of hydrogen-bond donors (Lipinski definition) is 1. The number of benzene rings is 1. The Hall–Kier alpha value is -2.12.